The minimum Gasteiger partial charge on any atom is -0.275 e. The molecule has 1 aromatic carbocycles. The van der Waals surface area contributed by atoms with Crippen LogP contribution in [0, 0.1) is 0 Å². The van der Waals surface area contributed by atoms with Crippen LogP contribution in [0.4, 0.5) is 0 Å². The summed E-state index contributed by atoms with van der Waals surface area (Å²) in [6.45, 7) is 0. The number of amides is 1. The molecule has 0 saturated heterocycles. The van der Waals surface area contributed by atoms with E-state index >= 15 is 0 Å². The number of carbonyl (C=O) groups is 1. The lowest BCUT2D eigenvalue weighted by Gasteiger charge is -2.04. The van der Waals surface area contributed by atoms with Gasteiger partial charge in [-0.3, -0.25) is 14.2 Å². The van der Waals surface area contributed by atoms with Gasteiger partial charge in [-0.2, -0.15) is 10.2 Å². The smallest absolute Gasteiger partial charge is 0.258 e. The summed E-state index contributed by atoms with van der Waals surface area (Å²) in [5.41, 5.74) is 2.75. The standard InChI is InChI=1S/C14H11N5O2S/c1-18-8-9(6-15-18)10-3-2-4-12-11(10)7-16-19(12)14-5-13(20)17-22(14)21/h2-8H,1H3,(H,17,20). The van der Waals surface area contributed by atoms with Gasteiger partial charge in [0.15, 0.2) is 16.0 Å². The number of rotatable bonds is 2. The molecule has 1 aliphatic heterocycles. The Labute approximate surface area is 127 Å². The molecule has 1 aliphatic rings. The predicted octanol–water partition coefficient (Wildman–Crippen LogP) is 1.03. The summed E-state index contributed by atoms with van der Waals surface area (Å²) in [6.07, 6.45) is 6.71. The molecule has 3 heterocycles. The van der Waals surface area contributed by atoms with Crippen molar-refractivity contribution in [3.63, 3.8) is 0 Å². The van der Waals surface area contributed by atoms with Gasteiger partial charge in [0, 0.05) is 30.3 Å². The molecule has 2 aromatic heterocycles. The zero-order valence-electron chi connectivity index (χ0n) is 11.6. The number of hydrogen-bond donors (Lipinski definition) is 1. The van der Waals surface area contributed by atoms with E-state index in [4.69, 9.17) is 0 Å². The Bertz CT molecular complexity index is 969. The Kier molecular flexibility index (Phi) is 2.73. The van der Waals surface area contributed by atoms with Crippen LogP contribution in [-0.4, -0.2) is 29.7 Å². The van der Waals surface area contributed by atoms with Crippen molar-refractivity contribution in [1.82, 2.24) is 24.3 Å². The molecule has 0 bridgehead atoms. The average molecular weight is 313 g/mol. The van der Waals surface area contributed by atoms with E-state index in [1.54, 1.807) is 17.1 Å². The maximum atomic E-state index is 11.9. The molecule has 22 heavy (non-hydrogen) atoms. The second kappa shape index (κ2) is 4.63. The van der Waals surface area contributed by atoms with Gasteiger partial charge in [0.1, 0.15) is 0 Å². The molecular weight excluding hydrogens is 302 g/mol. The van der Waals surface area contributed by atoms with Crippen molar-refractivity contribution < 1.29 is 9.00 Å². The molecule has 0 spiro atoms. The van der Waals surface area contributed by atoms with Gasteiger partial charge in [0.05, 0.1) is 17.9 Å². The first kappa shape index (κ1) is 13.0. The molecular formula is C14H11N5O2S. The topological polar surface area (TPSA) is 81.8 Å². The summed E-state index contributed by atoms with van der Waals surface area (Å²) >= 11 is 0. The second-order valence-corrected chi connectivity index (χ2v) is 6.07. The van der Waals surface area contributed by atoms with Crippen LogP contribution in [-0.2, 0) is 22.8 Å². The largest absolute Gasteiger partial charge is 0.275 e. The summed E-state index contributed by atoms with van der Waals surface area (Å²) in [6, 6.07) is 5.76. The highest BCUT2D eigenvalue weighted by Gasteiger charge is 2.23. The number of hydrogen-bond acceptors (Lipinski definition) is 4. The first-order valence-electron chi connectivity index (χ1n) is 6.54. The lowest BCUT2D eigenvalue weighted by Crippen LogP contribution is -2.17. The molecule has 1 amide bonds. The molecule has 0 saturated carbocycles. The number of nitrogens with zero attached hydrogens (tertiary/aromatic N) is 4. The van der Waals surface area contributed by atoms with Gasteiger partial charge in [0.2, 0.25) is 0 Å². The SMILES string of the molecule is Cn1cc(-c2cccc3c2cnn3C2=CC(=O)NS2=O)cn1. The third kappa shape index (κ3) is 1.88. The van der Waals surface area contributed by atoms with E-state index in [0.717, 1.165) is 22.0 Å². The van der Waals surface area contributed by atoms with E-state index < -0.39 is 11.0 Å². The second-order valence-electron chi connectivity index (χ2n) is 4.92. The van der Waals surface area contributed by atoms with E-state index in [1.165, 1.54) is 10.8 Å². The van der Waals surface area contributed by atoms with Crippen LogP contribution >= 0.6 is 0 Å². The zero-order chi connectivity index (χ0) is 15.3. The Morgan fingerprint density at radius 2 is 2.09 bits per heavy atom. The normalized spacial score (nSPS) is 17.8. The fourth-order valence-electron chi connectivity index (χ4n) is 2.52. The number of nitrogens with one attached hydrogen (secondary N) is 1. The molecule has 1 unspecified atom stereocenters. The Balaban J connectivity index is 1.93. The van der Waals surface area contributed by atoms with Crippen LogP contribution in [0.25, 0.3) is 27.1 Å². The van der Waals surface area contributed by atoms with Crippen LogP contribution in [0.2, 0.25) is 0 Å². The van der Waals surface area contributed by atoms with Crippen LogP contribution in [0.3, 0.4) is 0 Å². The summed E-state index contributed by atoms with van der Waals surface area (Å²) in [4.78, 5) is 11.4. The number of carbonyl (C=O) groups excluding carboxylic acids is 1. The number of benzene rings is 1. The monoisotopic (exact) mass is 313 g/mol. The highest BCUT2D eigenvalue weighted by atomic mass is 32.2. The third-order valence-electron chi connectivity index (χ3n) is 3.48. The molecule has 4 rings (SSSR count). The van der Waals surface area contributed by atoms with Gasteiger partial charge in [-0.15, -0.1) is 0 Å². The van der Waals surface area contributed by atoms with Crippen molar-refractivity contribution >= 4 is 32.8 Å². The highest BCUT2D eigenvalue weighted by Crippen LogP contribution is 2.30. The lowest BCUT2D eigenvalue weighted by atomic mass is 10.1. The fraction of sp³-hybridized carbons (Fsp3) is 0.0714. The molecule has 1 atom stereocenters. The van der Waals surface area contributed by atoms with Gasteiger partial charge in [-0.25, -0.2) is 8.89 Å². The van der Waals surface area contributed by atoms with Gasteiger partial charge in [-0.1, -0.05) is 12.1 Å². The Morgan fingerprint density at radius 3 is 2.77 bits per heavy atom. The van der Waals surface area contributed by atoms with Crippen molar-refractivity contribution in [2.45, 2.75) is 0 Å². The summed E-state index contributed by atoms with van der Waals surface area (Å²) in [5, 5.41) is 9.72. The average Bonchev–Trinajstić information content (AvgIpc) is 3.17. The molecule has 1 N–H and O–H groups in total. The lowest BCUT2D eigenvalue weighted by molar-refractivity contribution is -0.114. The zero-order valence-corrected chi connectivity index (χ0v) is 12.4. The summed E-state index contributed by atoms with van der Waals surface area (Å²) in [7, 11) is 0.280. The molecule has 110 valence electrons. The minimum atomic E-state index is -1.58. The number of aryl methyl sites for hydroxylation is 1. The summed E-state index contributed by atoms with van der Waals surface area (Å²) in [5.74, 6) is -0.375. The van der Waals surface area contributed by atoms with Gasteiger partial charge >= 0.3 is 0 Å². The van der Waals surface area contributed by atoms with Gasteiger partial charge in [0.25, 0.3) is 5.91 Å². The highest BCUT2D eigenvalue weighted by molar-refractivity contribution is 7.93. The van der Waals surface area contributed by atoms with E-state index in [-0.39, 0.29) is 5.91 Å². The number of fused-ring (bicyclic) bond motifs is 1. The van der Waals surface area contributed by atoms with Crippen molar-refractivity contribution in [2.24, 2.45) is 7.05 Å². The van der Waals surface area contributed by atoms with E-state index in [0.29, 0.717) is 5.03 Å². The van der Waals surface area contributed by atoms with Gasteiger partial charge in [-0.05, 0) is 11.6 Å². The van der Waals surface area contributed by atoms with E-state index in [9.17, 15) is 9.00 Å². The third-order valence-corrected chi connectivity index (χ3v) is 4.53. The van der Waals surface area contributed by atoms with Crippen molar-refractivity contribution in [3.8, 4) is 11.1 Å². The first-order chi connectivity index (χ1) is 10.6. The first-order valence-corrected chi connectivity index (χ1v) is 7.69. The van der Waals surface area contributed by atoms with Crippen molar-refractivity contribution in [3.05, 3.63) is 42.9 Å². The maximum Gasteiger partial charge on any atom is 0.258 e. The van der Waals surface area contributed by atoms with Crippen LogP contribution in [0.5, 0.6) is 0 Å². The van der Waals surface area contributed by atoms with Crippen LogP contribution < -0.4 is 4.72 Å². The molecule has 3 aromatic rings. The molecule has 0 radical (unpaired) electrons. The molecule has 0 aliphatic carbocycles. The van der Waals surface area contributed by atoms with Crippen molar-refractivity contribution in [1.29, 1.82) is 0 Å². The summed E-state index contributed by atoms with van der Waals surface area (Å²) < 4.78 is 17.5. The van der Waals surface area contributed by atoms with Crippen molar-refractivity contribution in [2.75, 3.05) is 0 Å². The Morgan fingerprint density at radius 1 is 1.23 bits per heavy atom. The van der Waals surface area contributed by atoms with E-state index in [1.807, 2.05) is 31.4 Å². The Hall–Kier alpha value is -2.74. The van der Waals surface area contributed by atoms with Gasteiger partial charge < -0.3 is 0 Å². The fourth-order valence-corrected chi connectivity index (χ4v) is 3.38. The molecule has 7 nitrogen and oxygen atoms in total. The maximum absolute atomic E-state index is 11.9. The molecule has 0 fully saturated rings. The van der Waals surface area contributed by atoms with Crippen LogP contribution in [0.1, 0.15) is 0 Å². The molecule has 8 heteroatoms. The minimum absolute atomic E-state index is 0.336. The quantitative estimate of drug-likeness (QED) is 0.766. The predicted molar refractivity (Wildman–Crippen MR) is 82.5 cm³/mol. The van der Waals surface area contributed by atoms with Crippen LogP contribution in [0.15, 0.2) is 42.9 Å². The number of aromatic nitrogens is 4. The van der Waals surface area contributed by atoms with E-state index in [2.05, 4.69) is 14.9 Å².